The van der Waals surface area contributed by atoms with Crippen molar-refractivity contribution in [2.75, 3.05) is 6.54 Å². The standard InChI is InChI=1S/C17H20FNO/c1-3-17(19-4-2)13-7-5-9-15(11-13)20-16-10-6-8-14(18)12-16/h5-12,17,19H,3-4H2,1-2H3. The molecule has 2 rings (SSSR count). The van der Waals surface area contributed by atoms with Crippen LogP contribution in [0.5, 0.6) is 11.5 Å². The molecule has 0 aliphatic rings. The number of hydrogen-bond donors (Lipinski definition) is 1. The molecule has 0 aliphatic heterocycles. The second kappa shape index (κ2) is 7.06. The fraction of sp³-hybridized carbons (Fsp3) is 0.294. The van der Waals surface area contributed by atoms with Crippen molar-refractivity contribution in [2.45, 2.75) is 26.3 Å². The van der Waals surface area contributed by atoms with Crippen LogP contribution in [0.4, 0.5) is 4.39 Å². The van der Waals surface area contributed by atoms with Crippen molar-refractivity contribution in [3.8, 4) is 11.5 Å². The molecule has 0 fully saturated rings. The predicted octanol–water partition coefficient (Wildman–Crippen LogP) is 4.68. The van der Waals surface area contributed by atoms with Gasteiger partial charge in [0.05, 0.1) is 0 Å². The third-order valence-corrected chi connectivity index (χ3v) is 3.15. The smallest absolute Gasteiger partial charge is 0.130 e. The molecule has 1 atom stereocenters. The van der Waals surface area contributed by atoms with Gasteiger partial charge in [0, 0.05) is 12.1 Å². The van der Waals surface area contributed by atoms with Crippen molar-refractivity contribution >= 4 is 0 Å². The topological polar surface area (TPSA) is 21.3 Å². The van der Waals surface area contributed by atoms with Crippen LogP contribution in [0.3, 0.4) is 0 Å². The summed E-state index contributed by atoms with van der Waals surface area (Å²) in [5.41, 5.74) is 1.18. The lowest BCUT2D eigenvalue weighted by Crippen LogP contribution is -2.19. The van der Waals surface area contributed by atoms with E-state index >= 15 is 0 Å². The van der Waals surface area contributed by atoms with Crippen LogP contribution in [-0.4, -0.2) is 6.54 Å². The van der Waals surface area contributed by atoms with Gasteiger partial charge < -0.3 is 10.1 Å². The highest BCUT2D eigenvalue weighted by Gasteiger charge is 2.08. The SMILES string of the molecule is CCNC(CC)c1cccc(Oc2cccc(F)c2)c1. The molecule has 1 N–H and O–H groups in total. The van der Waals surface area contributed by atoms with Crippen molar-refractivity contribution in [2.24, 2.45) is 0 Å². The Hall–Kier alpha value is -1.87. The Bertz CT molecular complexity index is 556. The van der Waals surface area contributed by atoms with E-state index < -0.39 is 0 Å². The molecule has 0 aliphatic carbocycles. The lowest BCUT2D eigenvalue weighted by atomic mass is 10.0. The second-order valence-electron chi connectivity index (χ2n) is 4.65. The van der Waals surface area contributed by atoms with Gasteiger partial charge in [0.15, 0.2) is 0 Å². The molecule has 0 saturated carbocycles. The van der Waals surface area contributed by atoms with E-state index in [1.807, 2.05) is 18.2 Å². The average molecular weight is 273 g/mol. The number of benzene rings is 2. The van der Waals surface area contributed by atoms with Crippen LogP contribution in [-0.2, 0) is 0 Å². The molecular weight excluding hydrogens is 253 g/mol. The number of rotatable bonds is 6. The first-order valence-electron chi connectivity index (χ1n) is 6.99. The zero-order valence-electron chi connectivity index (χ0n) is 11.9. The van der Waals surface area contributed by atoms with Gasteiger partial charge in [-0.2, -0.15) is 0 Å². The maximum Gasteiger partial charge on any atom is 0.130 e. The summed E-state index contributed by atoms with van der Waals surface area (Å²) in [6, 6.07) is 14.4. The Kier molecular flexibility index (Phi) is 5.13. The van der Waals surface area contributed by atoms with Gasteiger partial charge >= 0.3 is 0 Å². The molecule has 2 aromatic carbocycles. The summed E-state index contributed by atoms with van der Waals surface area (Å²) in [6.45, 7) is 5.16. The zero-order valence-corrected chi connectivity index (χ0v) is 11.9. The van der Waals surface area contributed by atoms with Crippen LogP contribution < -0.4 is 10.1 Å². The van der Waals surface area contributed by atoms with Gasteiger partial charge in [-0.3, -0.25) is 0 Å². The number of hydrogen-bond acceptors (Lipinski definition) is 2. The molecular formula is C17H20FNO. The summed E-state index contributed by atoms with van der Waals surface area (Å²) in [7, 11) is 0. The van der Waals surface area contributed by atoms with Gasteiger partial charge in [0.25, 0.3) is 0 Å². The Balaban J connectivity index is 2.17. The van der Waals surface area contributed by atoms with E-state index in [4.69, 9.17) is 4.74 Å². The van der Waals surface area contributed by atoms with E-state index in [0.29, 0.717) is 11.8 Å². The van der Waals surface area contributed by atoms with Crippen molar-refractivity contribution in [3.63, 3.8) is 0 Å². The fourth-order valence-electron chi connectivity index (χ4n) is 2.21. The van der Waals surface area contributed by atoms with Gasteiger partial charge in [-0.05, 0) is 42.8 Å². The average Bonchev–Trinajstić information content (AvgIpc) is 2.45. The third kappa shape index (κ3) is 3.81. The second-order valence-corrected chi connectivity index (χ2v) is 4.65. The maximum absolute atomic E-state index is 13.1. The predicted molar refractivity (Wildman–Crippen MR) is 79.6 cm³/mol. The Morgan fingerprint density at radius 3 is 2.40 bits per heavy atom. The first-order valence-corrected chi connectivity index (χ1v) is 6.99. The van der Waals surface area contributed by atoms with Gasteiger partial charge in [-0.25, -0.2) is 4.39 Å². The van der Waals surface area contributed by atoms with Gasteiger partial charge in [-0.15, -0.1) is 0 Å². The van der Waals surface area contributed by atoms with E-state index in [0.717, 1.165) is 18.7 Å². The van der Waals surface area contributed by atoms with Gasteiger partial charge in [0.1, 0.15) is 17.3 Å². The van der Waals surface area contributed by atoms with Crippen LogP contribution in [0.1, 0.15) is 31.9 Å². The molecule has 0 amide bonds. The summed E-state index contributed by atoms with van der Waals surface area (Å²) in [6.07, 6.45) is 1.01. The first-order chi connectivity index (χ1) is 9.72. The third-order valence-electron chi connectivity index (χ3n) is 3.15. The molecule has 0 radical (unpaired) electrons. The number of halogens is 1. The summed E-state index contributed by atoms with van der Waals surface area (Å²) in [5, 5.41) is 3.43. The van der Waals surface area contributed by atoms with E-state index in [2.05, 4.69) is 25.2 Å². The van der Waals surface area contributed by atoms with Crippen molar-refractivity contribution in [1.82, 2.24) is 5.32 Å². The Morgan fingerprint density at radius 1 is 1.05 bits per heavy atom. The molecule has 1 unspecified atom stereocenters. The minimum Gasteiger partial charge on any atom is -0.457 e. The zero-order chi connectivity index (χ0) is 14.4. The molecule has 0 aromatic heterocycles. The lowest BCUT2D eigenvalue weighted by molar-refractivity contribution is 0.472. The lowest BCUT2D eigenvalue weighted by Gasteiger charge is -2.17. The van der Waals surface area contributed by atoms with E-state index in [1.165, 1.54) is 17.7 Å². The molecule has 0 saturated heterocycles. The Morgan fingerprint density at radius 2 is 1.75 bits per heavy atom. The van der Waals surface area contributed by atoms with Crippen LogP contribution in [0, 0.1) is 5.82 Å². The van der Waals surface area contributed by atoms with E-state index in [1.54, 1.807) is 12.1 Å². The normalized spacial score (nSPS) is 12.2. The van der Waals surface area contributed by atoms with E-state index in [9.17, 15) is 4.39 Å². The van der Waals surface area contributed by atoms with Gasteiger partial charge in [-0.1, -0.05) is 32.0 Å². The largest absolute Gasteiger partial charge is 0.457 e. The molecule has 2 aromatic rings. The fourth-order valence-corrected chi connectivity index (χ4v) is 2.21. The van der Waals surface area contributed by atoms with Crippen LogP contribution in [0.25, 0.3) is 0 Å². The highest BCUT2D eigenvalue weighted by atomic mass is 19.1. The molecule has 0 bridgehead atoms. The summed E-state index contributed by atoms with van der Waals surface area (Å²) in [5.74, 6) is 0.945. The van der Waals surface area contributed by atoms with Crippen molar-refractivity contribution in [1.29, 1.82) is 0 Å². The monoisotopic (exact) mass is 273 g/mol. The first kappa shape index (κ1) is 14.5. The minimum absolute atomic E-state index is 0.294. The van der Waals surface area contributed by atoms with Crippen molar-refractivity contribution < 1.29 is 9.13 Å². The maximum atomic E-state index is 13.1. The molecule has 0 heterocycles. The molecule has 20 heavy (non-hydrogen) atoms. The van der Waals surface area contributed by atoms with Crippen molar-refractivity contribution in [3.05, 3.63) is 59.9 Å². The number of ether oxygens (including phenoxy) is 1. The summed E-state index contributed by atoms with van der Waals surface area (Å²) >= 11 is 0. The van der Waals surface area contributed by atoms with Crippen LogP contribution >= 0.6 is 0 Å². The molecule has 3 heteroatoms. The van der Waals surface area contributed by atoms with Crippen LogP contribution in [0.2, 0.25) is 0 Å². The molecule has 2 nitrogen and oxygen atoms in total. The Labute approximate surface area is 119 Å². The number of nitrogens with one attached hydrogen (secondary N) is 1. The quantitative estimate of drug-likeness (QED) is 0.825. The summed E-state index contributed by atoms with van der Waals surface area (Å²) < 4.78 is 18.8. The molecule has 0 spiro atoms. The highest BCUT2D eigenvalue weighted by molar-refractivity contribution is 5.35. The van der Waals surface area contributed by atoms with Gasteiger partial charge in [0.2, 0.25) is 0 Å². The highest BCUT2D eigenvalue weighted by Crippen LogP contribution is 2.26. The summed E-state index contributed by atoms with van der Waals surface area (Å²) in [4.78, 5) is 0. The molecule has 106 valence electrons. The van der Waals surface area contributed by atoms with Crippen LogP contribution in [0.15, 0.2) is 48.5 Å². The van der Waals surface area contributed by atoms with E-state index in [-0.39, 0.29) is 5.82 Å². The minimum atomic E-state index is -0.294.